The maximum absolute atomic E-state index is 8.87. The molecular formula is C12H19B2NO2. The maximum atomic E-state index is 8.87. The van der Waals surface area contributed by atoms with Gasteiger partial charge in [0.2, 0.25) is 0 Å². The van der Waals surface area contributed by atoms with Crippen LogP contribution in [-0.2, 0) is 9.31 Å². The highest BCUT2D eigenvalue weighted by molar-refractivity contribution is 6.68. The fraction of sp³-hybridized carbons (Fsp3) is 0.750. The molecule has 2 rings (SSSR count). The third-order valence-corrected chi connectivity index (χ3v) is 4.18. The Labute approximate surface area is 104 Å². The lowest BCUT2D eigenvalue weighted by Gasteiger charge is -2.32. The zero-order valence-electron chi connectivity index (χ0n) is 11.1. The van der Waals surface area contributed by atoms with E-state index in [0.717, 1.165) is 19.1 Å². The van der Waals surface area contributed by atoms with E-state index in [4.69, 9.17) is 14.6 Å². The van der Waals surface area contributed by atoms with Gasteiger partial charge >= 0.3 is 7.12 Å². The second-order valence-electron chi connectivity index (χ2n) is 5.97. The van der Waals surface area contributed by atoms with Crippen LogP contribution in [-0.4, -0.2) is 25.0 Å². The zero-order valence-corrected chi connectivity index (χ0v) is 11.1. The van der Waals surface area contributed by atoms with E-state index in [1.165, 1.54) is 5.47 Å². The minimum atomic E-state index is -0.273. The molecule has 2 heterocycles. The molecule has 0 atom stereocenters. The van der Waals surface area contributed by atoms with E-state index in [1.54, 1.807) is 0 Å². The van der Waals surface area contributed by atoms with Gasteiger partial charge in [0, 0.05) is 5.97 Å². The van der Waals surface area contributed by atoms with Crippen LogP contribution < -0.4 is 0 Å². The molecule has 0 amide bonds. The summed E-state index contributed by atoms with van der Waals surface area (Å²) >= 11 is 0. The van der Waals surface area contributed by atoms with Gasteiger partial charge in [-0.2, -0.15) is 0 Å². The number of hydrogen-bond acceptors (Lipinski definition) is 3. The number of allylic oxidation sites excluding steroid dienone is 2. The molecule has 1 saturated heterocycles. The Balaban J connectivity index is 2.08. The first-order valence-electron chi connectivity index (χ1n) is 6.30. The van der Waals surface area contributed by atoms with Crippen molar-refractivity contribution in [1.29, 1.82) is 5.26 Å². The molecule has 2 aliphatic heterocycles. The summed E-state index contributed by atoms with van der Waals surface area (Å²) < 4.78 is 12.0. The van der Waals surface area contributed by atoms with Gasteiger partial charge in [-0.25, -0.2) is 5.26 Å². The summed E-state index contributed by atoms with van der Waals surface area (Å²) in [7, 11) is -0.223. The quantitative estimate of drug-likeness (QED) is 0.651. The van der Waals surface area contributed by atoms with Crippen molar-refractivity contribution in [2.24, 2.45) is 0 Å². The number of rotatable bonds is 1. The van der Waals surface area contributed by atoms with Crippen LogP contribution in [0.5, 0.6) is 0 Å². The fourth-order valence-electron chi connectivity index (χ4n) is 2.18. The normalized spacial score (nSPS) is 26.6. The first-order chi connectivity index (χ1) is 7.86. The molecule has 2 aliphatic rings. The Morgan fingerprint density at radius 2 is 1.82 bits per heavy atom. The van der Waals surface area contributed by atoms with Crippen molar-refractivity contribution in [1.82, 2.24) is 0 Å². The predicted molar refractivity (Wildman–Crippen MR) is 69.8 cm³/mol. The molecule has 5 heteroatoms. The summed E-state index contributed by atoms with van der Waals surface area (Å²) in [6.45, 7) is 8.42. The minimum Gasteiger partial charge on any atom is -0.400 e. The summed E-state index contributed by atoms with van der Waals surface area (Å²) in [4.78, 5) is 0. The largest absolute Gasteiger partial charge is 0.490 e. The van der Waals surface area contributed by atoms with E-state index in [-0.39, 0.29) is 25.0 Å². The smallest absolute Gasteiger partial charge is 0.400 e. The monoisotopic (exact) mass is 231 g/mol. The molecule has 0 aromatic rings. The lowest BCUT2D eigenvalue weighted by atomic mass is 9.42. The van der Waals surface area contributed by atoms with Crippen molar-refractivity contribution in [3.63, 3.8) is 0 Å². The molecule has 0 spiro atoms. The van der Waals surface area contributed by atoms with Gasteiger partial charge in [0.05, 0.1) is 11.2 Å². The number of nitrogens with zero attached hydrogens (tertiary/aromatic N) is 1. The third-order valence-electron chi connectivity index (χ3n) is 4.18. The van der Waals surface area contributed by atoms with E-state index in [2.05, 4.69) is 39.7 Å². The molecule has 0 N–H and O–H groups in total. The van der Waals surface area contributed by atoms with Gasteiger partial charge in [0.15, 0.2) is 0 Å². The van der Waals surface area contributed by atoms with Crippen molar-refractivity contribution in [3.8, 4) is 5.97 Å². The highest BCUT2D eigenvalue weighted by Gasteiger charge is 2.52. The standard InChI is InChI=1S/C12H19B2NO2/c1-11(2)12(3,4)17-14(16-11)10-5-7-13(9-15)8-6-10/h5H,6-8H2,1-4H3. The van der Waals surface area contributed by atoms with Crippen LogP contribution in [0.1, 0.15) is 34.1 Å². The highest BCUT2D eigenvalue weighted by Crippen LogP contribution is 2.40. The van der Waals surface area contributed by atoms with Crippen LogP contribution in [0.15, 0.2) is 11.5 Å². The van der Waals surface area contributed by atoms with Crippen molar-refractivity contribution in [2.75, 3.05) is 0 Å². The van der Waals surface area contributed by atoms with E-state index in [1.807, 2.05) is 0 Å². The summed E-state index contributed by atoms with van der Waals surface area (Å²) in [6.07, 6.45) is 4.79. The third kappa shape index (κ3) is 2.29. The Bertz CT molecular complexity index is 368. The van der Waals surface area contributed by atoms with Crippen molar-refractivity contribution in [2.45, 2.75) is 58.0 Å². The Kier molecular flexibility index (Phi) is 3.14. The predicted octanol–water partition coefficient (Wildman–Crippen LogP) is 2.51. The molecule has 0 aromatic heterocycles. The summed E-state index contributed by atoms with van der Waals surface area (Å²) in [5, 5.41) is 8.87. The molecule has 0 unspecified atom stereocenters. The van der Waals surface area contributed by atoms with E-state index < -0.39 is 0 Å². The van der Waals surface area contributed by atoms with Crippen molar-refractivity contribution in [3.05, 3.63) is 11.5 Å². The lowest BCUT2D eigenvalue weighted by Crippen LogP contribution is -2.41. The first kappa shape index (κ1) is 12.7. The van der Waals surface area contributed by atoms with E-state index in [0.29, 0.717) is 0 Å². The Hall–Kier alpha value is -0.720. The van der Waals surface area contributed by atoms with Crippen molar-refractivity contribution >= 4 is 13.8 Å². The number of hydrogen-bond donors (Lipinski definition) is 0. The second-order valence-corrected chi connectivity index (χ2v) is 5.97. The van der Waals surface area contributed by atoms with E-state index >= 15 is 0 Å². The Morgan fingerprint density at radius 1 is 1.24 bits per heavy atom. The van der Waals surface area contributed by atoms with Crippen LogP contribution in [0.25, 0.3) is 0 Å². The van der Waals surface area contributed by atoms with Crippen LogP contribution in [0.3, 0.4) is 0 Å². The maximum Gasteiger partial charge on any atom is 0.490 e. The molecule has 1 fully saturated rings. The molecule has 0 aliphatic carbocycles. The Morgan fingerprint density at radius 3 is 2.24 bits per heavy atom. The fourth-order valence-corrected chi connectivity index (χ4v) is 2.18. The van der Waals surface area contributed by atoms with Gasteiger partial charge in [0.25, 0.3) is 6.71 Å². The zero-order chi connectivity index (χ0) is 12.7. The lowest BCUT2D eigenvalue weighted by molar-refractivity contribution is 0.00578. The van der Waals surface area contributed by atoms with Crippen LogP contribution in [0.2, 0.25) is 12.6 Å². The van der Waals surface area contributed by atoms with Gasteiger partial charge in [0.1, 0.15) is 0 Å². The first-order valence-corrected chi connectivity index (χ1v) is 6.30. The van der Waals surface area contributed by atoms with E-state index in [9.17, 15) is 0 Å². The van der Waals surface area contributed by atoms with Gasteiger partial charge in [-0.15, -0.1) is 0 Å². The molecule has 3 nitrogen and oxygen atoms in total. The van der Waals surface area contributed by atoms with Gasteiger partial charge in [-0.1, -0.05) is 12.4 Å². The molecule has 90 valence electrons. The molecule has 0 bridgehead atoms. The van der Waals surface area contributed by atoms with Crippen LogP contribution >= 0.6 is 0 Å². The average Bonchev–Trinajstić information content (AvgIpc) is 2.48. The molecule has 0 radical (unpaired) electrons. The molecule has 17 heavy (non-hydrogen) atoms. The minimum absolute atomic E-state index is 0.168. The topological polar surface area (TPSA) is 42.2 Å². The highest BCUT2D eigenvalue weighted by atomic mass is 16.7. The van der Waals surface area contributed by atoms with Gasteiger partial charge in [-0.05, 0) is 45.9 Å². The SMILES string of the molecule is CC1(C)OB(C2=CCB(C#N)CC2)OC1(C)C. The van der Waals surface area contributed by atoms with Gasteiger partial charge in [-0.3, -0.25) is 0 Å². The summed E-state index contributed by atoms with van der Waals surface area (Å²) in [5.41, 5.74) is 0.657. The average molecular weight is 231 g/mol. The van der Waals surface area contributed by atoms with Crippen molar-refractivity contribution < 1.29 is 9.31 Å². The van der Waals surface area contributed by atoms with Gasteiger partial charge < -0.3 is 9.31 Å². The molecule has 0 aromatic carbocycles. The summed E-state index contributed by atoms with van der Waals surface area (Å²) in [5.74, 6) is 2.32. The second kappa shape index (κ2) is 4.19. The number of nitriles is 1. The molecular weight excluding hydrogens is 212 g/mol. The summed E-state index contributed by atoms with van der Waals surface area (Å²) in [6, 6.07) is 0. The van der Waals surface area contributed by atoms with Crippen LogP contribution in [0.4, 0.5) is 0 Å². The molecule has 0 saturated carbocycles. The van der Waals surface area contributed by atoms with Crippen LogP contribution in [0, 0.1) is 11.2 Å².